The largest absolute Gasteiger partial charge is 0.383 e. The molecule has 0 unspecified atom stereocenters. The first-order valence-corrected chi connectivity index (χ1v) is 7.56. The number of hydrogen-bond donors (Lipinski definition) is 1. The number of methoxy groups -OCH3 is 2. The molecule has 0 bridgehead atoms. The molecule has 0 spiro atoms. The van der Waals surface area contributed by atoms with Crippen LogP contribution in [0.4, 0.5) is 5.69 Å². The van der Waals surface area contributed by atoms with E-state index in [0.29, 0.717) is 32.0 Å². The third kappa shape index (κ3) is 5.65. The molecule has 0 radical (unpaired) electrons. The zero-order valence-electron chi connectivity index (χ0n) is 14.6. The summed E-state index contributed by atoms with van der Waals surface area (Å²) in [6.45, 7) is 7.24. The van der Waals surface area contributed by atoms with E-state index < -0.39 is 11.8 Å². The molecule has 2 amide bonds. The molecule has 0 saturated carbocycles. The van der Waals surface area contributed by atoms with E-state index in [1.165, 1.54) is 4.90 Å². The molecule has 0 fully saturated rings. The smallest absolute Gasteiger partial charge is 0.313 e. The second-order valence-corrected chi connectivity index (χ2v) is 5.51. The zero-order valence-corrected chi connectivity index (χ0v) is 14.6. The van der Waals surface area contributed by atoms with E-state index in [-0.39, 0.29) is 0 Å². The fraction of sp³-hybridized carbons (Fsp3) is 0.529. The lowest BCUT2D eigenvalue weighted by molar-refractivity contribution is -0.144. The molecule has 23 heavy (non-hydrogen) atoms. The Morgan fingerprint density at radius 2 is 1.48 bits per heavy atom. The molecule has 0 saturated heterocycles. The molecule has 0 atom stereocenters. The highest BCUT2D eigenvalue weighted by atomic mass is 16.5. The number of nitrogens with zero attached hydrogens (tertiary/aromatic N) is 1. The topological polar surface area (TPSA) is 67.9 Å². The summed E-state index contributed by atoms with van der Waals surface area (Å²) in [6.07, 6.45) is 0. The molecule has 0 aliphatic rings. The van der Waals surface area contributed by atoms with Gasteiger partial charge in [0.05, 0.1) is 13.2 Å². The van der Waals surface area contributed by atoms with Crippen molar-refractivity contribution in [1.29, 1.82) is 0 Å². The van der Waals surface area contributed by atoms with Crippen LogP contribution in [0.3, 0.4) is 0 Å². The normalized spacial score (nSPS) is 10.5. The predicted octanol–water partition coefficient (Wildman–Crippen LogP) is 1.67. The van der Waals surface area contributed by atoms with E-state index in [1.54, 1.807) is 14.2 Å². The Morgan fingerprint density at radius 1 is 1.00 bits per heavy atom. The molecule has 6 nitrogen and oxygen atoms in total. The lowest BCUT2D eigenvalue weighted by Gasteiger charge is -2.22. The maximum absolute atomic E-state index is 12.4. The number of amides is 2. The number of carbonyl (C=O) groups is 2. The molecule has 6 heteroatoms. The van der Waals surface area contributed by atoms with Crippen molar-refractivity contribution >= 4 is 17.5 Å². The molecule has 0 aliphatic carbocycles. The van der Waals surface area contributed by atoms with Crippen molar-refractivity contribution in [3.05, 3.63) is 28.8 Å². The van der Waals surface area contributed by atoms with Crippen LogP contribution in [-0.4, -0.2) is 57.2 Å². The van der Waals surface area contributed by atoms with Crippen LogP contribution in [0, 0.1) is 20.8 Å². The molecule has 128 valence electrons. The number of nitrogens with one attached hydrogen (secondary N) is 1. The summed E-state index contributed by atoms with van der Waals surface area (Å²) < 4.78 is 9.97. The fourth-order valence-electron chi connectivity index (χ4n) is 2.41. The Bertz CT molecular complexity index is 527. The van der Waals surface area contributed by atoms with Gasteiger partial charge >= 0.3 is 11.8 Å². The van der Waals surface area contributed by atoms with Gasteiger partial charge in [0.25, 0.3) is 0 Å². The van der Waals surface area contributed by atoms with Gasteiger partial charge in [0, 0.05) is 33.0 Å². The first-order valence-electron chi connectivity index (χ1n) is 7.56. The van der Waals surface area contributed by atoms with Crippen LogP contribution in [0.5, 0.6) is 0 Å². The molecular weight excluding hydrogens is 296 g/mol. The maximum atomic E-state index is 12.4. The highest BCUT2D eigenvalue weighted by molar-refractivity contribution is 6.39. The van der Waals surface area contributed by atoms with Gasteiger partial charge in [-0.25, -0.2) is 0 Å². The van der Waals surface area contributed by atoms with Crippen molar-refractivity contribution in [2.45, 2.75) is 20.8 Å². The third-order valence-electron chi connectivity index (χ3n) is 3.53. The van der Waals surface area contributed by atoms with Gasteiger partial charge in [-0.05, 0) is 31.9 Å². The zero-order chi connectivity index (χ0) is 17.4. The lowest BCUT2D eigenvalue weighted by atomic mass is 10.1. The predicted molar refractivity (Wildman–Crippen MR) is 89.6 cm³/mol. The SMILES string of the molecule is COCCN(CCOC)C(=O)C(=O)Nc1c(C)cc(C)cc1C. The van der Waals surface area contributed by atoms with Gasteiger partial charge in [0.15, 0.2) is 0 Å². The molecular formula is C17H26N2O4. The van der Waals surface area contributed by atoms with Crippen LogP contribution < -0.4 is 5.32 Å². The molecule has 0 aliphatic heterocycles. The summed E-state index contributed by atoms with van der Waals surface area (Å²) in [5.74, 6) is -1.23. The second-order valence-electron chi connectivity index (χ2n) is 5.51. The number of benzene rings is 1. The van der Waals surface area contributed by atoms with Crippen molar-refractivity contribution in [3.63, 3.8) is 0 Å². The third-order valence-corrected chi connectivity index (χ3v) is 3.53. The maximum Gasteiger partial charge on any atom is 0.313 e. The highest BCUT2D eigenvalue weighted by Crippen LogP contribution is 2.21. The Labute approximate surface area is 137 Å². The number of anilines is 1. The monoisotopic (exact) mass is 322 g/mol. The minimum absolute atomic E-state index is 0.345. The molecule has 1 aromatic rings. The Morgan fingerprint density at radius 3 is 1.91 bits per heavy atom. The quantitative estimate of drug-likeness (QED) is 0.776. The molecule has 0 heterocycles. The number of rotatable bonds is 7. The van der Waals surface area contributed by atoms with Crippen molar-refractivity contribution in [3.8, 4) is 0 Å². The van der Waals surface area contributed by atoms with E-state index in [2.05, 4.69) is 5.32 Å². The molecule has 1 N–H and O–H groups in total. The summed E-state index contributed by atoms with van der Waals surface area (Å²) in [6, 6.07) is 3.95. The van der Waals surface area contributed by atoms with Gasteiger partial charge in [-0.1, -0.05) is 17.7 Å². The summed E-state index contributed by atoms with van der Waals surface area (Å²) in [7, 11) is 3.11. The Hall–Kier alpha value is -1.92. The molecule has 1 rings (SSSR count). The van der Waals surface area contributed by atoms with Gasteiger partial charge in [-0.15, -0.1) is 0 Å². The average Bonchev–Trinajstić information content (AvgIpc) is 2.50. The van der Waals surface area contributed by atoms with E-state index in [9.17, 15) is 9.59 Å². The molecule has 0 aromatic heterocycles. The van der Waals surface area contributed by atoms with E-state index in [1.807, 2.05) is 32.9 Å². The second kappa shape index (κ2) is 9.27. The van der Waals surface area contributed by atoms with E-state index in [0.717, 1.165) is 16.7 Å². The van der Waals surface area contributed by atoms with E-state index >= 15 is 0 Å². The van der Waals surface area contributed by atoms with Crippen molar-refractivity contribution in [1.82, 2.24) is 4.90 Å². The van der Waals surface area contributed by atoms with Crippen LogP contribution in [-0.2, 0) is 19.1 Å². The van der Waals surface area contributed by atoms with Crippen LogP contribution in [0.2, 0.25) is 0 Å². The Balaban J connectivity index is 2.83. The minimum atomic E-state index is -0.646. The average molecular weight is 322 g/mol. The number of hydrogen-bond acceptors (Lipinski definition) is 4. The van der Waals surface area contributed by atoms with Gasteiger partial charge in [-0.3, -0.25) is 9.59 Å². The minimum Gasteiger partial charge on any atom is -0.383 e. The summed E-state index contributed by atoms with van der Waals surface area (Å²) in [4.78, 5) is 26.1. The number of aryl methyl sites for hydroxylation is 3. The van der Waals surface area contributed by atoms with Crippen LogP contribution in [0.1, 0.15) is 16.7 Å². The van der Waals surface area contributed by atoms with Crippen molar-refractivity contribution in [2.75, 3.05) is 45.8 Å². The first kappa shape index (κ1) is 19.1. The van der Waals surface area contributed by atoms with Gasteiger partial charge in [-0.2, -0.15) is 0 Å². The van der Waals surface area contributed by atoms with Gasteiger partial charge < -0.3 is 19.7 Å². The van der Waals surface area contributed by atoms with Crippen LogP contribution in [0.25, 0.3) is 0 Å². The fourth-order valence-corrected chi connectivity index (χ4v) is 2.41. The number of ether oxygens (including phenoxy) is 2. The standard InChI is InChI=1S/C17H26N2O4/c1-12-10-13(2)15(14(3)11-12)18-16(20)17(21)19(6-8-22-4)7-9-23-5/h10-11H,6-9H2,1-5H3,(H,18,20). The van der Waals surface area contributed by atoms with Crippen LogP contribution in [0.15, 0.2) is 12.1 Å². The van der Waals surface area contributed by atoms with Gasteiger partial charge in [0.2, 0.25) is 0 Å². The summed E-state index contributed by atoms with van der Waals surface area (Å²) in [5.41, 5.74) is 3.67. The molecule has 1 aromatic carbocycles. The number of carbonyl (C=O) groups excluding carboxylic acids is 2. The summed E-state index contributed by atoms with van der Waals surface area (Å²) in [5, 5.41) is 2.73. The highest BCUT2D eigenvalue weighted by Gasteiger charge is 2.22. The van der Waals surface area contributed by atoms with Crippen LogP contribution >= 0.6 is 0 Å². The lowest BCUT2D eigenvalue weighted by Crippen LogP contribution is -2.43. The van der Waals surface area contributed by atoms with Crippen molar-refractivity contribution < 1.29 is 19.1 Å². The summed E-state index contributed by atoms with van der Waals surface area (Å²) >= 11 is 0. The van der Waals surface area contributed by atoms with E-state index in [4.69, 9.17) is 9.47 Å². The Kier molecular flexibility index (Phi) is 7.71. The van der Waals surface area contributed by atoms with Crippen molar-refractivity contribution in [2.24, 2.45) is 0 Å². The van der Waals surface area contributed by atoms with Gasteiger partial charge in [0.1, 0.15) is 0 Å². The first-order chi connectivity index (χ1) is 10.9.